The molecule has 0 aliphatic rings. The monoisotopic (exact) mass is 796 g/mol. The zero-order valence-electron chi connectivity index (χ0n) is 32.6. The SMILES string of the molecule is c1ccc(-c2nc(-c3ccc(-n4c5ccccc5c5cc6ccccc6cc54)c(-c4cccc5c4sc4ccccc45)c3)nc(-c3cccc4oc5ccccc5c34)n2)cc1. The summed E-state index contributed by atoms with van der Waals surface area (Å²) in [6, 6.07) is 68.6. The van der Waals surface area contributed by atoms with Gasteiger partial charge in [0.1, 0.15) is 11.2 Å². The Balaban J connectivity index is 1.11. The summed E-state index contributed by atoms with van der Waals surface area (Å²) >= 11 is 1.84. The molecule has 5 nitrogen and oxygen atoms in total. The summed E-state index contributed by atoms with van der Waals surface area (Å²) in [6.45, 7) is 0. The number of furan rings is 1. The Morgan fingerprint density at radius 1 is 0.393 bits per heavy atom. The quantitative estimate of drug-likeness (QED) is 0.174. The van der Waals surface area contributed by atoms with Crippen LogP contribution in [0.3, 0.4) is 0 Å². The molecule has 4 aromatic heterocycles. The van der Waals surface area contributed by atoms with Gasteiger partial charge in [-0.05, 0) is 65.4 Å². The first-order valence-electron chi connectivity index (χ1n) is 20.4. The summed E-state index contributed by atoms with van der Waals surface area (Å²) in [5.74, 6) is 1.79. The van der Waals surface area contributed by atoms with Crippen LogP contribution in [-0.4, -0.2) is 19.5 Å². The predicted octanol–water partition coefficient (Wildman–Crippen LogP) is 15.1. The molecule has 4 heterocycles. The maximum atomic E-state index is 6.33. The van der Waals surface area contributed by atoms with Crippen LogP contribution >= 0.6 is 11.3 Å². The summed E-state index contributed by atoms with van der Waals surface area (Å²) in [5, 5.41) is 9.39. The minimum Gasteiger partial charge on any atom is -0.456 e. The van der Waals surface area contributed by atoms with E-state index in [4.69, 9.17) is 19.4 Å². The summed E-state index contributed by atoms with van der Waals surface area (Å²) in [5.41, 5.74) is 9.99. The molecule has 284 valence electrons. The van der Waals surface area contributed by atoms with Gasteiger partial charge in [0, 0.05) is 69.5 Å². The van der Waals surface area contributed by atoms with Crippen LogP contribution in [0, 0.1) is 0 Å². The minimum atomic E-state index is 0.590. The Hall–Kier alpha value is -7.93. The molecule has 0 atom stereocenters. The van der Waals surface area contributed by atoms with Crippen LogP contribution in [-0.2, 0) is 0 Å². The van der Waals surface area contributed by atoms with Crippen LogP contribution in [0.5, 0.6) is 0 Å². The summed E-state index contributed by atoms with van der Waals surface area (Å²) in [6.07, 6.45) is 0. The Morgan fingerprint density at radius 2 is 1.05 bits per heavy atom. The van der Waals surface area contributed by atoms with E-state index >= 15 is 0 Å². The molecule has 0 unspecified atom stereocenters. The Kier molecular flexibility index (Phi) is 7.41. The largest absolute Gasteiger partial charge is 0.456 e. The van der Waals surface area contributed by atoms with Gasteiger partial charge in [0.15, 0.2) is 17.5 Å². The van der Waals surface area contributed by atoms with Crippen molar-refractivity contribution in [1.82, 2.24) is 19.5 Å². The molecule has 13 aromatic rings. The molecule has 0 fully saturated rings. The van der Waals surface area contributed by atoms with Crippen molar-refractivity contribution in [2.75, 3.05) is 0 Å². The molecule has 0 spiro atoms. The van der Waals surface area contributed by atoms with Crippen LogP contribution in [0.15, 0.2) is 199 Å². The smallest absolute Gasteiger partial charge is 0.164 e. The zero-order chi connectivity index (χ0) is 40.0. The van der Waals surface area contributed by atoms with E-state index in [9.17, 15) is 0 Å². The molecule has 0 radical (unpaired) electrons. The van der Waals surface area contributed by atoms with Gasteiger partial charge in [0.25, 0.3) is 0 Å². The Morgan fingerprint density at radius 3 is 1.93 bits per heavy atom. The predicted molar refractivity (Wildman–Crippen MR) is 254 cm³/mol. The Bertz CT molecular complexity index is 3900. The van der Waals surface area contributed by atoms with Crippen LogP contribution in [0.25, 0.3) is 126 Å². The average Bonchev–Trinajstić information content (AvgIpc) is 4.00. The van der Waals surface area contributed by atoms with Crippen molar-refractivity contribution >= 4 is 86.0 Å². The highest BCUT2D eigenvalue weighted by molar-refractivity contribution is 7.26. The van der Waals surface area contributed by atoms with E-state index in [2.05, 4.69) is 150 Å². The third kappa shape index (κ3) is 5.29. The molecule has 13 rings (SSSR count). The van der Waals surface area contributed by atoms with Crippen LogP contribution in [0.4, 0.5) is 0 Å². The molecule has 0 amide bonds. The lowest BCUT2D eigenvalue weighted by Crippen LogP contribution is -2.02. The number of rotatable bonds is 5. The van der Waals surface area contributed by atoms with E-state index in [1.807, 2.05) is 59.9 Å². The highest BCUT2D eigenvalue weighted by atomic mass is 32.1. The normalized spacial score (nSPS) is 11.9. The topological polar surface area (TPSA) is 56.7 Å². The maximum absolute atomic E-state index is 6.33. The lowest BCUT2D eigenvalue weighted by atomic mass is 9.98. The lowest BCUT2D eigenvalue weighted by Gasteiger charge is -2.17. The molecule has 0 N–H and O–H groups in total. The van der Waals surface area contributed by atoms with Crippen molar-refractivity contribution in [1.29, 1.82) is 0 Å². The fourth-order valence-corrected chi connectivity index (χ4v) is 10.5. The van der Waals surface area contributed by atoms with E-state index in [0.717, 1.165) is 66.5 Å². The van der Waals surface area contributed by atoms with Gasteiger partial charge in [-0.1, -0.05) is 140 Å². The van der Waals surface area contributed by atoms with Crippen LogP contribution in [0.2, 0.25) is 0 Å². The second kappa shape index (κ2) is 13.3. The fourth-order valence-electron chi connectivity index (χ4n) is 9.26. The number of hydrogen-bond donors (Lipinski definition) is 0. The van der Waals surface area contributed by atoms with Crippen molar-refractivity contribution in [2.24, 2.45) is 0 Å². The minimum absolute atomic E-state index is 0.590. The molecule has 0 saturated heterocycles. The third-order valence-corrected chi connectivity index (χ3v) is 13.3. The molecule has 0 saturated carbocycles. The second-order valence-electron chi connectivity index (χ2n) is 15.5. The summed E-state index contributed by atoms with van der Waals surface area (Å²) in [7, 11) is 0. The van der Waals surface area contributed by atoms with Crippen molar-refractivity contribution in [3.8, 4) is 51.0 Å². The first kappa shape index (κ1) is 34.0. The van der Waals surface area contributed by atoms with Gasteiger partial charge < -0.3 is 8.98 Å². The highest BCUT2D eigenvalue weighted by Gasteiger charge is 2.22. The Labute approximate surface area is 353 Å². The van der Waals surface area contributed by atoms with E-state index in [0.29, 0.717) is 17.5 Å². The van der Waals surface area contributed by atoms with Crippen molar-refractivity contribution in [3.63, 3.8) is 0 Å². The van der Waals surface area contributed by atoms with Crippen molar-refractivity contribution < 1.29 is 4.42 Å². The van der Waals surface area contributed by atoms with Gasteiger partial charge in [-0.3, -0.25) is 0 Å². The molecule has 0 aliphatic carbocycles. The van der Waals surface area contributed by atoms with Crippen molar-refractivity contribution in [2.45, 2.75) is 0 Å². The van der Waals surface area contributed by atoms with Gasteiger partial charge >= 0.3 is 0 Å². The van der Waals surface area contributed by atoms with Gasteiger partial charge in [-0.15, -0.1) is 11.3 Å². The molecule has 61 heavy (non-hydrogen) atoms. The van der Waals surface area contributed by atoms with Crippen molar-refractivity contribution in [3.05, 3.63) is 194 Å². The first-order valence-corrected chi connectivity index (χ1v) is 21.2. The average molecular weight is 797 g/mol. The number of para-hydroxylation sites is 2. The lowest BCUT2D eigenvalue weighted by molar-refractivity contribution is 0.669. The molecular weight excluding hydrogens is 765 g/mol. The molecule has 6 heteroatoms. The van der Waals surface area contributed by atoms with E-state index in [1.165, 1.54) is 41.7 Å². The molecular formula is C55H32N4OS. The maximum Gasteiger partial charge on any atom is 0.164 e. The number of benzene rings is 9. The number of fused-ring (bicyclic) bond motifs is 10. The summed E-state index contributed by atoms with van der Waals surface area (Å²) in [4.78, 5) is 15.7. The molecule has 9 aromatic carbocycles. The van der Waals surface area contributed by atoms with E-state index < -0.39 is 0 Å². The third-order valence-electron chi connectivity index (χ3n) is 12.0. The van der Waals surface area contributed by atoms with Gasteiger partial charge in [0.2, 0.25) is 0 Å². The molecule has 0 aliphatic heterocycles. The van der Waals surface area contributed by atoms with Gasteiger partial charge in [-0.25, -0.2) is 15.0 Å². The van der Waals surface area contributed by atoms with Crippen LogP contribution < -0.4 is 0 Å². The summed E-state index contributed by atoms with van der Waals surface area (Å²) < 4.78 is 11.3. The number of aromatic nitrogens is 4. The number of thiophene rings is 1. The zero-order valence-corrected chi connectivity index (χ0v) is 33.4. The standard InChI is InChI=1S/C55H32N4OS/c1-2-14-33(15-3-1)53-56-54(58-55(57-53)42-23-13-26-49-51(42)41-20-7-10-25-48(41)60-49)36-28-29-46(44(31-36)40-22-12-21-39-38-19-8-11-27-50(38)61-52(39)40)59-45-24-9-6-18-37(45)43-30-34-16-4-5-17-35(34)32-47(43)59/h1-32H. The van der Waals surface area contributed by atoms with E-state index in [1.54, 1.807) is 0 Å². The number of nitrogens with zero attached hydrogens (tertiary/aromatic N) is 4. The molecule has 0 bridgehead atoms. The first-order chi connectivity index (χ1) is 30.2. The second-order valence-corrected chi connectivity index (χ2v) is 16.6. The fraction of sp³-hybridized carbons (Fsp3) is 0. The van der Waals surface area contributed by atoms with Gasteiger partial charge in [0.05, 0.1) is 16.7 Å². The van der Waals surface area contributed by atoms with E-state index in [-0.39, 0.29) is 0 Å². The van der Waals surface area contributed by atoms with Gasteiger partial charge in [-0.2, -0.15) is 0 Å². The van der Waals surface area contributed by atoms with Crippen LogP contribution in [0.1, 0.15) is 0 Å². The highest BCUT2D eigenvalue weighted by Crippen LogP contribution is 2.45. The number of hydrogen-bond acceptors (Lipinski definition) is 5.